The molecule has 1 atom stereocenters. The second kappa shape index (κ2) is 9.42. The summed E-state index contributed by atoms with van der Waals surface area (Å²) < 4.78 is 0. The highest BCUT2D eigenvalue weighted by molar-refractivity contribution is 5.86. The Labute approximate surface area is 157 Å². The summed E-state index contributed by atoms with van der Waals surface area (Å²) in [6, 6.07) is 10.5. The summed E-state index contributed by atoms with van der Waals surface area (Å²) in [5, 5.41) is 1.16. The fraction of sp³-hybridized carbons (Fsp3) is 0.435. The minimum absolute atomic E-state index is 0.388. The minimum Gasteiger partial charge on any atom is -0.265 e. The molecule has 1 unspecified atom stereocenters. The van der Waals surface area contributed by atoms with Gasteiger partial charge in [0.15, 0.2) is 0 Å². The third-order valence-corrected chi connectivity index (χ3v) is 4.41. The number of pyridine rings is 1. The molecule has 0 bridgehead atoms. The number of benzene rings is 1. The number of hydrogen-bond donors (Lipinski definition) is 0. The van der Waals surface area contributed by atoms with E-state index in [0.717, 1.165) is 35.3 Å². The molecular weight excluding hydrogens is 318 g/mol. The van der Waals surface area contributed by atoms with E-state index >= 15 is 0 Å². The van der Waals surface area contributed by atoms with Gasteiger partial charge in [-0.25, -0.2) is 9.97 Å². The summed E-state index contributed by atoms with van der Waals surface area (Å²) in [4.78, 5) is 13.8. The summed E-state index contributed by atoms with van der Waals surface area (Å²) in [5.74, 6) is 2.02. The fourth-order valence-corrected chi connectivity index (χ4v) is 3.24. The van der Waals surface area contributed by atoms with Crippen molar-refractivity contribution in [1.82, 2.24) is 15.0 Å². The van der Waals surface area contributed by atoms with Crippen molar-refractivity contribution in [2.75, 3.05) is 0 Å². The smallest absolute Gasteiger partial charge is 0.132 e. The van der Waals surface area contributed by atoms with Crippen LogP contribution in [0.3, 0.4) is 0 Å². The molecule has 0 aliphatic rings. The van der Waals surface area contributed by atoms with Crippen LogP contribution < -0.4 is 0 Å². The number of aryl methyl sites for hydroxylation is 1. The monoisotopic (exact) mass is 349 g/mol. The Bertz CT molecular complexity index is 825. The van der Waals surface area contributed by atoms with Gasteiger partial charge in [-0.3, -0.25) is 4.98 Å². The van der Waals surface area contributed by atoms with Crippen molar-refractivity contribution in [2.45, 2.75) is 60.3 Å². The van der Waals surface area contributed by atoms with Gasteiger partial charge < -0.3 is 0 Å². The van der Waals surface area contributed by atoms with E-state index in [9.17, 15) is 0 Å². The Hall–Kier alpha value is -2.29. The highest BCUT2D eigenvalue weighted by atomic mass is 14.9. The molecule has 0 saturated carbocycles. The minimum atomic E-state index is 0.388. The first kappa shape index (κ1) is 20.0. The van der Waals surface area contributed by atoms with Gasteiger partial charge in [0.25, 0.3) is 0 Å². The van der Waals surface area contributed by atoms with E-state index in [1.54, 1.807) is 0 Å². The molecular formula is C23H31N3. The lowest BCUT2D eigenvalue weighted by Crippen LogP contribution is -2.07. The van der Waals surface area contributed by atoms with E-state index < -0.39 is 0 Å². The number of hydrogen-bond acceptors (Lipinski definition) is 3. The first-order valence-electron chi connectivity index (χ1n) is 9.79. The fourth-order valence-electron chi connectivity index (χ4n) is 3.24. The van der Waals surface area contributed by atoms with Crippen LogP contribution in [0.15, 0.2) is 42.7 Å². The summed E-state index contributed by atoms with van der Waals surface area (Å²) in [7, 11) is 0. The Morgan fingerprint density at radius 2 is 1.58 bits per heavy atom. The van der Waals surface area contributed by atoms with Crippen LogP contribution in [-0.4, -0.2) is 15.0 Å². The molecule has 0 amide bonds. The molecule has 0 saturated heterocycles. The van der Waals surface area contributed by atoms with Gasteiger partial charge in [-0.1, -0.05) is 47.6 Å². The summed E-state index contributed by atoms with van der Waals surface area (Å²) in [5.41, 5.74) is 4.55. The number of rotatable bonds is 5. The molecule has 26 heavy (non-hydrogen) atoms. The van der Waals surface area contributed by atoms with Crippen molar-refractivity contribution in [2.24, 2.45) is 5.92 Å². The van der Waals surface area contributed by atoms with Crippen molar-refractivity contribution in [1.29, 1.82) is 0 Å². The molecule has 3 aromatic rings. The molecule has 0 fully saturated rings. The van der Waals surface area contributed by atoms with Crippen LogP contribution >= 0.6 is 0 Å². The summed E-state index contributed by atoms with van der Waals surface area (Å²) in [6.45, 7) is 12.9. The molecule has 1 aromatic carbocycles. The molecule has 0 N–H and O–H groups in total. The average Bonchev–Trinajstić information content (AvgIpc) is 2.68. The van der Waals surface area contributed by atoms with Crippen molar-refractivity contribution in [3.8, 4) is 11.1 Å². The Balaban J connectivity index is 0.00000117. The summed E-state index contributed by atoms with van der Waals surface area (Å²) >= 11 is 0. The third kappa shape index (κ3) is 4.66. The molecule has 2 heterocycles. The lowest BCUT2D eigenvalue weighted by atomic mass is 9.97. The van der Waals surface area contributed by atoms with Crippen molar-refractivity contribution >= 4 is 10.9 Å². The van der Waals surface area contributed by atoms with Crippen LogP contribution in [0.5, 0.6) is 0 Å². The SMILES string of the molecule is CC.CCc1nc(C(C)CC(C)C)nc2ccc(-c3ccncc3)cc12. The zero-order chi connectivity index (χ0) is 19.1. The first-order chi connectivity index (χ1) is 12.6. The zero-order valence-electron chi connectivity index (χ0n) is 17.0. The molecule has 0 radical (unpaired) electrons. The molecule has 3 nitrogen and oxygen atoms in total. The van der Waals surface area contributed by atoms with Crippen LogP contribution in [0.2, 0.25) is 0 Å². The number of aromatic nitrogens is 3. The Kier molecular flexibility index (Phi) is 7.26. The Morgan fingerprint density at radius 3 is 2.19 bits per heavy atom. The van der Waals surface area contributed by atoms with Gasteiger partial charge in [0.1, 0.15) is 5.82 Å². The maximum Gasteiger partial charge on any atom is 0.132 e. The van der Waals surface area contributed by atoms with Gasteiger partial charge in [-0.2, -0.15) is 0 Å². The largest absolute Gasteiger partial charge is 0.265 e. The lowest BCUT2D eigenvalue weighted by Gasteiger charge is -2.15. The second-order valence-corrected chi connectivity index (χ2v) is 6.88. The van der Waals surface area contributed by atoms with E-state index in [2.05, 4.69) is 50.9 Å². The van der Waals surface area contributed by atoms with Gasteiger partial charge in [-0.05, 0) is 54.2 Å². The van der Waals surface area contributed by atoms with Crippen molar-refractivity contribution in [3.63, 3.8) is 0 Å². The molecule has 0 aliphatic heterocycles. The topological polar surface area (TPSA) is 38.7 Å². The first-order valence-corrected chi connectivity index (χ1v) is 9.79. The average molecular weight is 350 g/mol. The lowest BCUT2D eigenvalue weighted by molar-refractivity contribution is 0.507. The highest BCUT2D eigenvalue weighted by Crippen LogP contribution is 2.28. The maximum absolute atomic E-state index is 4.88. The van der Waals surface area contributed by atoms with E-state index in [1.807, 2.05) is 38.4 Å². The van der Waals surface area contributed by atoms with Crippen molar-refractivity contribution in [3.05, 3.63) is 54.2 Å². The summed E-state index contributed by atoms with van der Waals surface area (Å²) in [6.07, 6.45) is 5.69. The molecule has 138 valence electrons. The van der Waals surface area contributed by atoms with E-state index in [4.69, 9.17) is 9.97 Å². The number of fused-ring (bicyclic) bond motifs is 1. The molecule has 0 aliphatic carbocycles. The van der Waals surface area contributed by atoms with Gasteiger partial charge in [0.05, 0.1) is 11.2 Å². The molecule has 3 heteroatoms. The second-order valence-electron chi connectivity index (χ2n) is 6.88. The van der Waals surface area contributed by atoms with Gasteiger partial charge in [0.2, 0.25) is 0 Å². The number of nitrogens with zero attached hydrogens (tertiary/aromatic N) is 3. The standard InChI is InChI=1S/C21H25N3.C2H6/c1-5-19-18-13-17(16-8-10-22-11-9-16)6-7-20(18)24-21(23-19)15(4)12-14(2)3;1-2/h6-11,13-15H,5,12H2,1-4H3;1-2H3. The quantitative estimate of drug-likeness (QED) is 0.532. The van der Waals surface area contributed by atoms with Crippen LogP contribution in [0.4, 0.5) is 0 Å². The predicted molar refractivity (Wildman–Crippen MR) is 111 cm³/mol. The highest BCUT2D eigenvalue weighted by Gasteiger charge is 2.14. The zero-order valence-corrected chi connectivity index (χ0v) is 17.0. The van der Waals surface area contributed by atoms with E-state index in [0.29, 0.717) is 11.8 Å². The van der Waals surface area contributed by atoms with E-state index in [1.165, 1.54) is 11.1 Å². The molecule has 3 rings (SSSR count). The normalized spacial score (nSPS) is 12.0. The van der Waals surface area contributed by atoms with Crippen LogP contribution in [0.25, 0.3) is 22.0 Å². The van der Waals surface area contributed by atoms with Crippen LogP contribution in [-0.2, 0) is 6.42 Å². The van der Waals surface area contributed by atoms with Gasteiger partial charge >= 0.3 is 0 Å². The van der Waals surface area contributed by atoms with Crippen LogP contribution in [0, 0.1) is 5.92 Å². The van der Waals surface area contributed by atoms with Crippen molar-refractivity contribution < 1.29 is 0 Å². The third-order valence-electron chi connectivity index (χ3n) is 4.41. The molecule has 2 aromatic heterocycles. The van der Waals surface area contributed by atoms with E-state index in [-0.39, 0.29) is 0 Å². The maximum atomic E-state index is 4.88. The molecule has 0 spiro atoms. The predicted octanol–water partition coefficient (Wildman–Crippen LogP) is 6.43. The van der Waals surface area contributed by atoms with Gasteiger partial charge in [-0.15, -0.1) is 0 Å². The van der Waals surface area contributed by atoms with Crippen LogP contribution in [0.1, 0.15) is 65.4 Å². The Morgan fingerprint density at radius 1 is 0.885 bits per heavy atom. The van der Waals surface area contributed by atoms with Gasteiger partial charge in [0, 0.05) is 23.7 Å².